The van der Waals surface area contributed by atoms with Gasteiger partial charge in [0.1, 0.15) is 12.4 Å². The van der Waals surface area contributed by atoms with Gasteiger partial charge < -0.3 is 15.2 Å². The SMILES string of the molecule is CCCOCCOc1cc(Br)ccc1[C@@H](C)N. The predicted molar refractivity (Wildman–Crippen MR) is 73.3 cm³/mol. The number of ether oxygens (including phenoxy) is 2. The molecule has 0 bridgehead atoms. The summed E-state index contributed by atoms with van der Waals surface area (Å²) in [6.45, 7) is 5.98. The maximum atomic E-state index is 5.89. The van der Waals surface area contributed by atoms with Crippen LogP contribution in [0.4, 0.5) is 0 Å². The van der Waals surface area contributed by atoms with Crippen LogP contribution < -0.4 is 10.5 Å². The fourth-order valence-electron chi connectivity index (χ4n) is 1.47. The third kappa shape index (κ3) is 5.06. The maximum Gasteiger partial charge on any atom is 0.125 e. The average molecular weight is 302 g/mol. The van der Waals surface area contributed by atoms with Gasteiger partial charge in [-0.25, -0.2) is 0 Å². The molecular formula is C13H20BrNO2. The van der Waals surface area contributed by atoms with Gasteiger partial charge in [-0.1, -0.05) is 28.9 Å². The summed E-state index contributed by atoms with van der Waals surface area (Å²) < 4.78 is 12.1. The van der Waals surface area contributed by atoms with Crippen molar-refractivity contribution in [2.75, 3.05) is 19.8 Å². The molecule has 96 valence electrons. The van der Waals surface area contributed by atoms with E-state index in [4.69, 9.17) is 15.2 Å². The Hall–Kier alpha value is -0.580. The molecule has 0 amide bonds. The minimum Gasteiger partial charge on any atom is -0.491 e. The van der Waals surface area contributed by atoms with Gasteiger partial charge in [0, 0.05) is 22.7 Å². The first-order chi connectivity index (χ1) is 8.15. The third-order valence-corrected chi connectivity index (χ3v) is 2.79. The summed E-state index contributed by atoms with van der Waals surface area (Å²) >= 11 is 3.43. The first-order valence-corrected chi connectivity index (χ1v) is 6.70. The van der Waals surface area contributed by atoms with Crippen LogP contribution in [0.15, 0.2) is 22.7 Å². The zero-order valence-electron chi connectivity index (χ0n) is 10.4. The summed E-state index contributed by atoms with van der Waals surface area (Å²) in [7, 11) is 0. The molecule has 0 aliphatic heterocycles. The molecule has 1 aromatic rings. The van der Waals surface area contributed by atoms with Gasteiger partial charge in [0.25, 0.3) is 0 Å². The molecule has 4 heteroatoms. The van der Waals surface area contributed by atoms with Crippen molar-refractivity contribution in [3.63, 3.8) is 0 Å². The monoisotopic (exact) mass is 301 g/mol. The number of benzene rings is 1. The Bertz CT molecular complexity index is 342. The Labute approximate surface area is 111 Å². The fraction of sp³-hybridized carbons (Fsp3) is 0.538. The average Bonchev–Trinajstić information content (AvgIpc) is 2.28. The van der Waals surface area contributed by atoms with Gasteiger partial charge in [0.05, 0.1) is 6.61 Å². The first-order valence-electron chi connectivity index (χ1n) is 5.90. The summed E-state index contributed by atoms with van der Waals surface area (Å²) in [4.78, 5) is 0. The lowest BCUT2D eigenvalue weighted by Crippen LogP contribution is -2.11. The molecule has 1 atom stereocenters. The first kappa shape index (κ1) is 14.5. The molecule has 2 N–H and O–H groups in total. The van der Waals surface area contributed by atoms with Gasteiger partial charge in [-0.05, 0) is 25.5 Å². The van der Waals surface area contributed by atoms with E-state index in [9.17, 15) is 0 Å². The van der Waals surface area contributed by atoms with Gasteiger partial charge in [-0.15, -0.1) is 0 Å². The topological polar surface area (TPSA) is 44.5 Å². The zero-order chi connectivity index (χ0) is 12.7. The molecule has 0 fully saturated rings. The van der Waals surface area contributed by atoms with E-state index < -0.39 is 0 Å². The predicted octanol–water partition coefficient (Wildman–Crippen LogP) is 3.27. The van der Waals surface area contributed by atoms with Crippen molar-refractivity contribution in [1.29, 1.82) is 0 Å². The number of halogens is 1. The summed E-state index contributed by atoms with van der Waals surface area (Å²) in [6.07, 6.45) is 1.03. The molecule has 1 aromatic carbocycles. The standard InChI is InChI=1S/C13H20BrNO2/c1-3-6-16-7-8-17-13-9-11(14)4-5-12(13)10(2)15/h4-5,9-10H,3,6-8,15H2,1-2H3/t10-/m1/s1. The highest BCUT2D eigenvalue weighted by atomic mass is 79.9. The number of hydrogen-bond acceptors (Lipinski definition) is 3. The molecule has 0 aliphatic rings. The largest absolute Gasteiger partial charge is 0.491 e. The van der Waals surface area contributed by atoms with Crippen molar-refractivity contribution in [1.82, 2.24) is 0 Å². The Balaban J connectivity index is 2.53. The minimum absolute atomic E-state index is 0.0327. The molecule has 1 rings (SSSR count). The van der Waals surface area contributed by atoms with Gasteiger partial charge in [-0.2, -0.15) is 0 Å². The Morgan fingerprint density at radius 1 is 1.29 bits per heavy atom. The van der Waals surface area contributed by atoms with Gasteiger partial charge in [-0.3, -0.25) is 0 Å². The van der Waals surface area contributed by atoms with Crippen LogP contribution >= 0.6 is 15.9 Å². The second-order valence-corrected chi connectivity index (χ2v) is 4.85. The lowest BCUT2D eigenvalue weighted by atomic mass is 10.1. The molecule has 0 unspecified atom stereocenters. The molecule has 0 saturated carbocycles. The summed E-state index contributed by atoms with van der Waals surface area (Å²) in [5.41, 5.74) is 6.91. The Morgan fingerprint density at radius 2 is 2.06 bits per heavy atom. The van der Waals surface area contributed by atoms with Crippen LogP contribution in [0.25, 0.3) is 0 Å². The van der Waals surface area contributed by atoms with Crippen LogP contribution in [0.1, 0.15) is 31.9 Å². The van der Waals surface area contributed by atoms with Crippen LogP contribution in [-0.4, -0.2) is 19.8 Å². The fourth-order valence-corrected chi connectivity index (χ4v) is 1.81. The highest BCUT2D eigenvalue weighted by molar-refractivity contribution is 9.10. The summed E-state index contributed by atoms with van der Waals surface area (Å²) in [5.74, 6) is 0.828. The van der Waals surface area contributed by atoms with Crippen molar-refractivity contribution in [2.24, 2.45) is 5.73 Å². The van der Waals surface area contributed by atoms with Crippen molar-refractivity contribution >= 4 is 15.9 Å². The highest BCUT2D eigenvalue weighted by Gasteiger charge is 2.08. The lowest BCUT2D eigenvalue weighted by Gasteiger charge is -2.14. The van der Waals surface area contributed by atoms with Crippen molar-refractivity contribution in [2.45, 2.75) is 26.3 Å². The molecule has 0 aliphatic carbocycles. The lowest BCUT2D eigenvalue weighted by molar-refractivity contribution is 0.100. The van der Waals surface area contributed by atoms with Crippen LogP contribution in [0, 0.1) is 0 Å². The number of rotatable bonds is 7. The summed E-state index contributed by atoms with van der Waals surface area (Å²) in [5, 5.41) is 0. The van der Waals surface area contributed by atoms with E-state index >= 15 is 0 Å². The molecule has 3 nitrogen and oxygen atoms in total. The van der Waals surface area contributed by atoms with Crippen molar-refractivity contribution in [3.05, 3.63) is 28.2 Å². The number of nitrogens with two attached hydrogens (primary N) is 1. The Morgan fingerprint density at radius 3 is 2.71 bits per heavy atom. The number of hydrogen-bond donors (Lipinski definition) is 1. The molecule has 17 heavy (non-hydrogen) atoms. The molecule has 0 aromatic heterocycles. The zero-order valence-corrected chi connectivity index (χ0v) is 12.0. The quantitative estimate of drug-likeness (QED) is 0.786. The van der Waals surface area contributed by atoms with Crippen molar-refractivity contribution < 1.29 is 9.47 Å². The van der Waals surface area contributed by atoms with Crippen LogP contribution in [0.3, 0.4) is 0 Å². The molecule has 0 saturated heterocycles. The highest BCUT2D eigenvalue weighted by Crippen LogP contribution is 2.27. The van der Waals surface area contributed by atoms with Crippen LogP contribution in [0.5, 0.6) is 5.75 Å². The van der Waals surface area contributed by atoms with Gasteiger partial charge >= 0.3 is 0 Å². The minimum atomic E-state index is -0.0327. The van der Waals surface area contributed by atoms with Crippen LogP contribution in [-0.2, 0) is 4.74 Å². The molecule has 0 heterocycles. The van der Waals surface area contributed by atoms with Gasteiger partial charge in [0.2, 0.25) is 0 Å². The molecule has 0 radical (unpaired) electrons. The summed E-state index contributed by atoms with van der Waals surface area (Å²) in [6, 6.07) is 5.86. The second kappa shape index (κ2) is 7.69. The second-order valence-electron chi connectivity index (χ2n) is 3.93. The smallest absolute Gasteiger partial charge is 0.125 e. The Kier molecular flexibility index (Phi) is 6.55. The van der Waals surface area contributed by atoms with E-state index in [2.05, 4.69) is 22.9 Å². The maximum absolute atomic E-state index is 5.89. The third-order valence-electron chi connectivity index (χ3n) is 2.30. The molecule has 0 spiro atoms. The van der Waals surface area contributed by atoms with Crippen LogP contribution in [0.2, 0.25) is 0 Å². The van der Waals surface area contributed by atoms with E-state index in [1.807, 2.05) is 25.1 Å². The van der Waals surface area contributed by atoms with E-state index in [0.29, 0.717) is 13.2 Å². The molecular weight excluding hydrogens is 282 g/mol. The van der Waals surface area contributed by atoms with E-state index in [1.54, 1.807) is 0 Å². The van der Waals surface area contributed by atoms with E-state index in [0.717, 1.165) is 28.8 Å². The van der Waals surface area contributed by atoms with E-state index in [1.165, 1.54) is 0 Å². The normalized spacial score (nSPS) is 12.5. The van der Waals surface area contributed by atoms with Crippen molar-refractivity contribution in [3.8, 4) is 5.75 Å². The van der Waals surface area contributed by atoms with Gasteiger partial charge in [0.15, 0.2) is 0 Å². The van der Waals surface area contributed by atoms with E-state index in [-0.39, 0.29) is 6.04 Å².